The molecule has 0 radical (unpaired) electrons. The number of hydrogen-bond acceptors (Lipinski definition) is 5. The van der Waals surface area contributed by atoms with Crippen LogP contribution in [0.5, 0.6) is 5.75 Å². The normalized spacial score (nSPS) is 12.6. The molecule has 0 saturated carbocycles. The van der Waals surface area contributed by atoms with Crippen molar-refractivity contribution in [3.63, 3.8) is 0 Å². The summed E-state index contributed by atoms with van der Waals surface area (Å²) in [7, 11) is -2.17. The molecule has 0 aliphatic rings. The molecule has 0 fully saturated rings. The standard InChI is InChI=1S/C18H20BrN3O4S/c1-13(18(23)21-20-12-14-5-4-6-15(19)11-14)22(27(3,24)25)16-7-9-17(26-2)10-8-16/h4-13H,1-3H3,(H,21,23)/b20-12-/t13-/m1/s1. The first kappa shape index (κ1) is 20.9. The van der Waals surface area contributed by atoms with Crippen LogP contribution in [0.3, 0.4) is 0 Å². The van der Waals surface area contributed by atoms with Gasteiger partial charge >= 0.3 is 0 Å². The van der Waals surface area contributed by atoms with E-state index in [1.165, 1.54) is 20.2 Å². The average Bonchev–Trinajstić information content (AvgIpc) is 2.61. The number of amides is 1. The molecule has 0 saturated heterocycles. The number of rotatable bonds is 7. The molecule has 0 heterocycles. The molecule has 0 aliphatic carbocycles. The summed E-state index contributed by atoms with van der Waals surface area (Å²) < 4.78 is 31.5. The summed E-state index contributed by atoms with van der Waals surface area (Å²) in [5.74, 6) is 0.0328. The highest BCUT2D eigenvalue weighted by Crippen LogP contribution is 2.23. The second-order valence-corrected chi connectivity index (χ2v) is 8.50. The number of nitrogens with zero attached hydrogens (tertiary/aromatic N) is 2. The third-order valence-corrected chi connectivity index (χ3v) is 5.39. The first-order valence-corrected chi connectivity index (χ1v) is 10.6. The number of carbonyl (C=O) groups is 1. The Morgan fingerprint density at radius 3 is 2.48 bits per heavy atom. The van der Waals surface area contributed by atoms with Crippen LogP contribution in [0.4, 0.5) is 5.69 Å². The summed E-state index contributed by atoms with van der Waals surface area (Å²) in [6.07, 6.45) is 2.53. The molecule has 7 nitrogen and oxygen atoms in total. The van der Waals surface area contributed by atoms with Crippen molar-refractivity contribution >= 4 is 43.8 Å². The third kappa shape index (κ3) is 5.80. The molecule has 144 valence electrons. The maximum atomic E-state index is 12.4. The van der Waals surface area contributed by atoms with Crippen LogP contribution in [0.2, 0.25) is 0 Å². The van der Waals surface area contributed by atoms with Crippen LogP contribution in [0.15, 0.2) is 58.1 Å². The molecule has 0 bridgehead atoms. The molecule has 0 aliphatic heterocycles. The van der Waals surface area contributed by atoms with Gasteiger partial charge in [-0.2, -0.15) is 5.10 Å². The summed E-state index contributed by atoms with van der Waals surface area (Å²) in [4.78, 5) is 12.4. The van der Waals surface area contributed by atoms with Crippen molar-refractivity contribution in [3.8, 4) is 5.75 Å². The molecule has 2 rings (SSSR count). The second kappa shape index (κ2) is 9.01. The number of ether oxygens (including phenoxy) is 1. The fraction of sp³-hybridized carbons (Fsp3) is 0.222. The Balaban J connectivity index is 2.16. The van der Waals surface area contributed by atoms with Crippen molar-refractivity contribution in [2.75, 3.05) is 17.7 Å². The van der Waals surface area contributed by atoms with Crippen LogP contribution < -0.4 is 14.5 Å². The summed E-state index contributed by atoms with van der Waals surface area (Å²) in [5.41, 5.74) is 3.52. The SMILES string of the molecule is COc1ccc(N([C@H](C)C(=O)N/N=C\c2cccc(Br)c2)S(C)(=O)=O)cc1. The number of anilines is 1. The van der Waals surface area contributed by atoms with Gasteiger partial charge in [0.25, 0.3) is 5.91 Å². The van der Waals surface area contributed by atoms with E-state index in [1.54, 1.807) is 24.3 Å². The van der Waals surface area contributed by atoms with E-state index in [2.05, 4.69) is 26.5 Å². The lowest BCUT2D eigenvalue weighted by molar-refractivity contribution is -0.121. The second-order valence-electron chi connectivity index (χ2n) is 5.72. The van der Waals surface area contributed by atoms with E-state index >= 15 is 0 Å². The van der Waals surface area contributed by atoms with Gasteiger partial charge in [-0.15, -0.1) is 0 Å². The lowest BCUT2D eigenvalue weighted by Gasteiger charge is -2.27. The number of hydrazone groups is 1. The van der Waals surface area contributed by atoms with Crippen LogP contribution in [-0.4, -0.2) is 39.9 Å². The zero-order valence-corrected chi connectivity index (χ0v) is 17.5. The summed E-state index contributed by atoms with van der Waals surface area (Å²) in [5, 5.41) is 3.90. The van der Waals surface area contributed by atoms with E-state index in [-0.39, 0.29) is 0 Å². The van der Waals surface area contributed by atoms with Crippen molar-refractivity contribution < 1.29 is 17.9 Å². The van der Waals surface area contributed by atoms with Gasteiger partial charge < -0.3 is 4.74 Å². The zero-order valence-electron chi connectivity index (χ0n) is 15.1. The summed E-state index contributed by atoms with van der Waals surface area (Å²) >= 11 is 3.35. The van der Waals surface area contributed by atoms with Gasteiger partial charge in [0.05, 0.1) is 25.3 Å². The Kier molecular flexibility index (Phi) is 6.98. The van der Waals surface area contributed by atoms with Crippen molar-refractivity contribution in [1.82, 2.24) is 5.43 Å². The molecule has 2 aromatic carbocycles. The molecular weight excluding hydrogens is 434 g/mol. The maximum absolute atomic E-state index is 12.4. The Labute approximate surface area is 167 Å². The van der Waals surface area contributed by atoms with Gasteiger partial charge in [0.2, 0.25) is 10.0 Å². The smallest absolute Gasteiger partial charge is 0.263 e. The minimum absolute atomic E-state index is 0.358. The lowest BCUT2D eigenvalue weighted by Crippen LogP contribution is -2.46. The number of nitrogens with one attached hydrogen (secondary N) is 1. The molecule has 1 N–H and O–H groups in total. The molecule has 2 aromatic rings. The Hall–Kier alpha value is -2.39. The van der Waals surface area contributed by atoms with Gasteiger partial charge in [-0.05, 0) is 48.9 Å². The molecule has 0 aromatic heterocycles. The molecular formula is C18H20BrN3O4S. The topological polar surface area (TPSA) is 88.1 Å². The zero-order chi connectivity index (χ0) is 20.0. The van der Waals surface area contributed by atoms with Crippen LogP contribution in [-0.2, 0) is 14.8 Å². The molecule has 0 unspecified atom stereocenters. The number of sulfonamides is 1. The average molecular weight is 454 g/mol. The molecule has 9 heteroatoms. The van der Waals surface area contributed by atoms with Gasteiger partial charge in [-0.25, -0.2) is 13.8 Å². The number of methoxy groups -OCH3 is 1. The van der Waals surface area contributed by atoms with Crippen LogP contribution >= 0.6 is 15.9 Å². The fourth-order valence-corrected chi connectivity index (χ4v) is 3.98. The first-order valence-electron chi connectivity index (χ1n) is 7.94. The monoisotopic (exact) mass is 453 g/mol. The van der Waals surface area contributed by atoms with E-state index in [1.807, 2.05) is 24.3 Å². The highest BCUT2D eigenvalue weighted by Gasteiger charge is 2.29. The lowest BCUT2D eigenvalue weighted by atomic mass is 10.2. The Bertz CT molecular complexity index is 930. The van der Waals surface area contributed by atoms with Gasteiger partial charge in [0.15, 0.2) is 0 Å². The summed E-state index contributed by atoms with van der Waals surface area (Å²) in [6.45, 7) is 1.50. The van der Waals surface area contributed by atoms with Crippen molar-refractivity contribution in [2.24, 2.45) is 5.10 Å². The minimum atomic E-state index is -3.69. The maximum Gasteiger partial charge on any atom is 0.263 e. The van der Waals surface area contributed by atoms with Crippen molar-refractivity contribution in [2.45, 2.75) is 13.0 Å². The van der Waals surface area contributed by atoms with Crippen LogP contribution in [0, 0.1) is 0 Å². The first-order chi connectivity index (χ1) is 12.7. The van der Waals surface area contributed by atoms with Crippen LogP contribution in [0.25, 0.3) is 0 Å². The van der Waals surface area contributed by atoms with E-state index in [4.69, 9.17) is 4.74 Å². The number of halogens is 1. The van der Waals surface area contributed by atoms with Crippen LogP contribution in [0.1, 0.15) is 12.5 Å². The largest absolute Gasteiger partial charge is 0.497 e. The van der Waals surface area contributed by atoms with Crippen molar-refractivity contribution in [1.29, 1.82) is 0 Å². The number of hydrogen-bond donors (Lipinski definition) is 1. The van der Waals surface area contributed by atoms with Gasteiger partial charge in [-0.1, -0.05) is 28.1 Å². The summed E-state index contributed by atoms with van der Waals surface area (Å²) in [6, 6.07) is 12.8. The van der Waals surface area contributed by atoms with Gasteiger partial charge in [0, 0.05) is 4.47 Å². The molecule has 0 spiro atoms. The number of carbonyl (C=O) groups excluding carboxylic acids is 1. The predicted octanol–water partition coefficient (Wildman–Crippen LogP) is 2.76. The molecule has 1 amide bonds. The van der Waals surface area contributed by atoms with E-state index in [0.717, 1.165) is 20.6 Å². The Morgan fingerprint density at radius 1 is 1.26 bits per heavy atom. The third-order valence-electron chi connectivity index (χ3n) is 3.65. The minimum Gasteiger partial charge on any atom is -0.497 e. The quantitative estimate of drug-likeness (QED) is 0.515. The van der Waals surface area contributed by atoms with E-state index in [0.29, 0.717) is 11.4 Å². The van der Waals surface area contributed by atoms with E-state index in [9.17, 15) is 13.2 Å². The Morgan fingerprint density at radius 2 is 1.93 bits per heavy atom. The number of benzene rings is 2. The molecule has 1 atom stereocenters. The molecule has 27 heavy (non-hydrogen) atoms. The van der Waals surface area contributed by atoms with E-state index < -0.39 is 22.0 Å². The van der Waals surface area contributed by atoms with Gasteiger partial charge in [0.1, 0.15) is 11.8 Å². The predicted molar refractivity (Wildman–Crippen MR) is 110 cm³/mol. The van der Waals surface area contributed by atoms with Gasteiger partial charge in [-0.3, -0.25) is 9.10 Å². The highest BCUT2D eigenvalue weighted by molar-refractivity contribution is 9.10. The highest BCUT2D eigenvalue weighted by atomic mass is 79.9. The van der Waals surface area contributed by atoms with Crippen molar-refractivity contribution in [3.05, 3.63) is 58.6 Å². The fourth-order valence-electron chi connectivity index (χ4n) is 2.39.